The van der Waals surface area contributed by atoms with Crippen molar-refractivity contribution in [3.8, 4) is 0 Å². The Bertz CT molecular complexity index is 913. The van der Waals surface area contributed by atoms with Gasteiger partial charge in [0.25, 0.3) is 0 Å². The second-order valence-electron chi connectivity index (χ2n) is 5.66. The molecule has 4 rings (SSSR count). The van der Waals surface area contributed by atoms with E-state index >= 15 is 0 Å². The van der Waals surface area contributed by atoms with Crippen molar-refractivity contribution in [2.24, 2.45) is 0 Å². The van der Waals surface area contributed by atoms with Crippen molar-refractivity contribution < 1.29 is 9.59 Å². The number of hydrogen-bond donors (Lipinski definition) is 3. The number of carbonyl (C=O) groups is 2. The summed E-state index contributed by atoms with van der Waals surface area (Å²) < 4.78 is 0. The number of aromatic nitrogens is 1. The average Bonchev–Trinajstić information content (AvgIpc) is 3.01. The van der Waals surface area contributed by atoms with Gasteiger partial charge in [-0.15, -0.1) is 0 Å². The van der Waals surface area contributed by atoms with Crippen LogP contribution in [0.15, 0.2) is 54.7 Å². The normalized spacial score (nSPS) is 16.7. The third-order valence-corrected chi connectivity index (χ3v) is 4.14. The van der Waals surface area contributed by atoms with Gasteiger partial charge in [-0.2, -0.15) is 0 Å². The molecule has 1 atom stereocenters. The SMILES string of the molecule is O=C1C[C@@H](C(=O)Nc2ccc3[nH]ccc3c2)c2ccccc2N1. The predicted octanol–water partition coefficient (Wildman–Crippen LogP) is 3.23. The van der Waals surface area contributed by atoms with Gasteiger partial charge in [-0.25, -0.2) is 0 Å². The molecule has 5 heteroatoms. The van der Waals surface area contributed by atoms with E-state index in [1.165, 1.54) is 0 Å². The number of benzene rings is 2. The second kappa shape index (κ2) is 5.28. The monoisotopic (exact) mass is 305 g/mol. The third kappa shape index (κ3) is 2.46. The van der Waals surface area contributed by atoms with Crippen LogP contribution in [-0.2, 0) is 9.59 Å². The number of amides is 2. The van der Waals surface area contributed by atoms with Gasteiger partial charge in [-0.3, -0.25) is 9.59 Å². The van der Waals surface area contributed by atoms with Crippen molar-refractivity contribution in [1.82, 2.24) is 4.98 Å². The van der Waals surface area contributed by atoms with Gasteiger partial charge in [-0.1, -0.05) is 18.2 Å². The number of H-pyrrole nitrogens is 1. The zero-order valence-electron chi connectivity index (χ0n) is 12.3. The zero-order chi connectivity index (χ0) is 15.8. The fourth-order valence-corrected chi connectivity index (χ4v) is 3.01. The average molecular weight is 305 g/mol. The van der Waals surface area contributed by atoms with Crippen molar-refractivity contribution in [2.45, 2.75) is 12.3 Å². The molecule has 0 bridgehead atoms. The molecule has 2 amide bonds. The van der Waals surface area contributed by atoms with E-state index in [0.717, 1.165) is 22.2 Å². The van der Waals surface area contributed by atoms with Crippen molar-refractivity contribution in [3.05, 3.63) is 60.3 Å². The lowest BCUT2D eigenvalue weighted by molar-refractivity contribution is -0.123. The number of para-hydroxylation sites is 1. The summed E-state index contributed by atoms with van der Waals surface area (Å²) >= 11 is 0. The Balaban J connectivity index is 1.62. The third-order valence-electron chi connectivity index (χ3n) is 4.14. The smallest absolute Gasteiger partial charge is 0.232 e. The standard InChI is InChI=1S/C18H15N3O2/c22-17-10-14(13-3-1-2-4-16(13)21-17)18(23)20-12-5-6-15-11(9-12)7-8-19-15/h1-9,14,19H,10H2,(H,20,23)(H,21,22)/t14-/m1/s1. The first kappa shape index (κ1) is 13.6. The quantitative estimate of drug-likeness (QED) is 0.680. The molecular formula is C18H15N3O2. The van der Waals surface area contributed by atoms with Crippen LogP contribution in [0.4, 0.5) is 11.4 Å². The summed E-state index contributed by atoms with van der Waals surface area (Å²) in [6.07, 6.45) is 2.02. The lowest BCUT2D eigenvalue weighted by Crippen LogP contribution is -2.30. The van der Waals surface area contributed by atoms with Crippen molar-refractivity contribution in [3.63, 3.8) is 0 Å². The van der Waals surface area contributed by atoms with E-state index in [1.54, 1.807) is 0 Å². The number of hydrogen-bond acceptors (Lipinski definition) is 2. The van der Waals surface area contributed by atoms with E-state index in [4.69, 9.17) is 0 Å². The van der Waals surface area contributed by atoms with Gasteiger partial charge in [0.05, 0.1) is 5.92 Å². The van der Waals surface area contributed by atoms with Crippen LogP contribution in [0.2, 0.25) is 0 Å². The van der Waals surface area contributed by atoms with Crippen LogP contribution in [0.5, 0.6) is 0 Å². The molecule has 0 saturated carbocycles. The number of fused-ring (bicyclic) bond motifs is 2. The first-order valence-electron chi connectivity index (χ1n) is 7.47. The molecule has 1 aliphatic rings. The van der Waals surface area contributed by atoms with Gasteiger partial charge in [0.2, 0.25) is 11.8 Å². The zero-order valence-corrected chi connectivity index (χ0v) is 12.3. The number of nitrogens with one attached hydrogen (secondary N) is 3. The molecule has 2 heterocycles. The van der Waals surface area contributed by atoms with Gasteiger partial charge >= 0.3 is 0 Å². The Labute approximate surface area is 132 Å². The van der Waals surface area contributed by atoms with Gasteiger partial charge < -0.3 is 15.6 Å². The Morgan fingerprint density at radius 2 is 2.00 bits per heavy atom. The molecule has 23 heavy (non-hydrogen) atoms. The molecule has 1 aromatic heterocycles. The minimum absolute atomic E-state index is 0.134. The molecule has 0 unspecified atom stereocenters. The molecule has 2 aromatic carbocycles. The van der Waals surface area contributed by atoms with Crippen LogP contribution in [-0.4, -0.2) is 16.8 Å². The predicted molar refractivity (Wildman–Crippen MR) is 89.4 cm³/mol. The first-order chi connectivity index (χ1) is 11.2. The Kier molecular flexibility index (Phi) is 3.12. The maximum atomic E-state index is 12.7. The summed E-state index contributed by atoms with van der Waals surface area (Å²) in [5, 5.41) is 6.76. The van der Waals surface area contributed by atoms with Crippen molar-refractivity contribution in [2.75, 3.05) is 10.6 Å². The number of anilines is 2. The van der Waals surface area contributed by atoms with Crippen LogP contribution >= 0.6 is 0 Å². The second-order valence-corrected chi connectivity index (χ2v) is 5.66. The molecule has 3 aromatic rings. The molecule has 0 saturated heterocycles. The van der Waals surface area contributed by atoms with Crippen LogP contribution in [0.3, 0.4) is 0 Å². The fourth-order valence-electron chi connectivity index (χ4n) is 3.01. The highest BCUT2D eigenvalue weighted by Gasteiger charge is 2.30. The van der Waals surface area contributed by atoms with E-state index in [2.05, 4.69) is 15.6 Å². The summed E-state index contributed by atoms with van der Waals surface area (Å²) in [5.74, 6) is -0.769. The number of carbonyl (C=O) groups excluding carboxylic acids is 2. The van der Waals surface area contributed by atoms with Gasteiger partial charge in [0.15, 0.2) is 0 Å². The topological polar surface area (TPSA) is 74.0 Å². The van der Waals surface area contributed by atoms with E-state index < -0.39 is 5.92 Å². The van der Waals surface area contributed by atoms with Crippen LogP contribution < -0.4 is 10.6 Å². The summed E-state index contributed by atoms with van der Waals surface area (Å²) in [6, 6.07) is 15.1. The largest absolute Gasteiger partial charge is 0.361 e. The highest BCUT2D eigenvalue weighted by Crippen LogP contribution is 2.33. The Morgan fingerprint density at radius 3 is 2.91 bits per heavy atom. The number of rotatable bonds is 2. The maximum absolute atomic E-state index is 12.7. The molecule has 1 aliphatic heterocycles. The summed E-state index contributed by atoms with van der Waals surface area (Å²) in [6.45, 7) is 0. The molecule has 0 spiro atoms. The van der Waals surface area contributed by atoms with E-state index in [9.17, 15) is 9.59 Å². The summed E-state index contributed by atoms with van der Waals surface area (Å²) in [5.41, 5.74) is 3.31. The van der Waals surface area contributed by atoms with Crippen LogP contribution in [0.25, 0.3) is 10.9 Å². The Hall–Kier alpha value is -3.08. The van der Waals surface area contributed by atoms with Gasteiger partial charge in [0.1, 0.15) is 0 Å². The fraction of sp³-hybridized carbons (Fsp3) is 0.111. The molecule has 0 radical (unpaired) electrons. The summed E-state index contributed by atoms with van der Waals surface area (Å²) in [7, 11) is 0. The Morgan fingerprint density at radius 1 is 1.13 bits per heavy atom. The van der Waals surface area contributed by atoms with E-state index in [-0.39, 0.29) is 18.2 Å². The highest BCUT2D eigenvalue weighted by molar-refractivity contribution is 6.05. The molecular weight excluding hydrogens is 290 g/mol. The minimum atomic E-state index is -0.470. The van der Waals surface area contributed by atoms with E-state index in [1.807, 2.05) is 54.7 Å². The van der Waals surface area contributed by atoms with Crippen LogP contribution in [0.1, 0.15) is 17.9 Å². The molecule has 0 fully saturated rings. The molecule has 0 aliphatic carbocycles. The lowest BCUT2D eigenvalue weighted by Gasteiger charge is -2.24. The molecule has 114 valence electrons. The van der Waals surface area contributed by atoms with Crippen LogP contribution in [0, 0.1) is 0 Å². The maximum Gasteiger partial charge on any atom is 0.232 e. The van der Waals surface area contributed by atoms with Crippen molar-refractivity contribution in [1.29, 1.82) is 0 Å². The highest BCUT2D eigenvalue weighted by atomic mass is 16.2. The van der Waals surface area contributed by atoms with Gasteiger partial charge in [0, 0.05) is 34.9 Å². The van der Waals surface area contributed by atoms with E-state index in [0.29, 0.717) is 5.69 Å². The van der Waals surface area contributed by atoms with Crippen molar-refractivity contribution >= 4 is 34.1 Å². The minimum Gasteiger partial charge on any atom is -0.361 e. The van der Waals surface area contributed by atoms with Gasteiger partial charge in [-0.05, 0) is 35.9 Å². The first-order valence-corrected chi connectivity index (χ1v) is 7.47. The molecule has 3 N–H and O–H groups in total. The number of aromatic amines is 1. The molecule has 5 nitrogen and oxygen atoms in total. The lowest BCUT2D eigenvalue weighted by atomic mass is 9.90. The summed E-state index contributed by atoms with van der Waals surface area (Å²) in [4.78, 5) is 27.6.